The van der Waals surface area contributed by atoms with Crippen LogP contribution in [0.25, 0.3) is 0 Å². The van der Waals surface area contributed by atoms with E-state index in [0.717, 1.165) is 6.20 Å². The molecular weight excluding hydrogens is 314 g/mol. The first kappa shape index (κ1) is 16.6. The fourth-order valence-electron chi connectivity index (χ4n) is 1.19. The number of amides is 1. The summed E-state index contributed by atoms with van der Waals surface area (Å²) in [4.78, 5) is 10.8. The van der Waals surface area contributed by atoms with Crippen LogP contribution < -0.4 is 21.5 Å². The molecule has 0 spiro atoms. The molecule has 0 aliphatic carbocycles. The van der Waals surface area contributed by atoms with E-state index in [2.05, 4.69) is 10.6 Å². The van der Waals surface area contributed by atoms with Crippen LogP contribution in [0.3, 0.4) is 0 Å². The number of hydrogen-bond acceptors (Lipinski definition) is 5. The summed E-state index contributed by atoms with van der Waals surface area (Å²) < 4.78 is 22.2. The number of benzene rings is 1. The SMILES string of the molecule is N#C/C(=C/NC(=S)Nc1ccc(S(N)(=O)=O)cc1)C(N)=O. The minimum Gasteiger partial charge on any atom is -0.365 e. The van der Waals surface area contributed by atoms with Gasteiger partial charge in [-0.05, 0) is 36.5 Å². The Morgan fingerprint density at radius 3 is 2.33 bits per heavy atom. The van der Waals surface area contributed by atoms with Crippen molar-refractivity contribution in [3.63, 3.8) is 0 Å². The van der Waals surface area contributed by atoms with Gasteiger partial charge in [0.1, 0.15) is 11.6 Å². The zero-order valence-corrected chi connectivity index (χ0v) is 12.2. The molecule has 10 heteroatoms. The van der Waals surface area contributed by atoms with Gasteiger partial charge in [0.05, 0.1) is 4.90 Å². The molecule has 0 fully saturated rings. The maximum atomic E-state index is 11.1. The molecule has 8 nitrogen and oxygen atoms in total. The van der Waals surface area contributed by atoms with Crippen molar-refractivity contribution in [3.8, 4) is 6.07 Å². The molecule has 0 unspecified atom stereocenters. The third kappa shape index (κ3) is 5.19. The lowest BCUT2D eigenvalue weighted by Crippen LogP contribution is -2.25. The van der Waals surface area contributed by atoms with Crippen molar-refractivity contribution in [2.45, 2.75) is 4.90 Å². The average molecular weight is 325 g/mol. The lowest BCUT2D eigenvalue weighted by molar-refractivity contribution is -0.114. The van der Waals surface area contributed by atoms with Crippen LogP contribution in [0, 0.1) is 11.3 Å². The molecule has 1 amide bonds. The predicted octanol–water partition coefficient (Wildman–Crippen LogP) is -0.487. The number of rotatable bonds is 4. The Morgan fingerprint density at radius 1 is 1.33 bits per heavy atom. The molecule has 0 bridgehead atoms. The first-order valence-corrected chi connectivity index (χ1v) is 7.30. The van der Waals surface area contributed by atoms with Crippen LogP contribution in [0.5, 0.6) is 0 Å². The van der Waals surface area contributed by atoms with Gasteiger partial charge in [0, 0.05) is 11.9 Å². The molecule has 1 rings (SSSR count). The Hall–Kier alpha value is -2.48. The van der Waals surface area contributed by atoms with Gasteiger partial charge in [-0.25, -0.2) is 13.6 Å². The largest absolute Gasteiger partial charge is 0.365 e. The minimum absolute atomic E-state index is 0.0349. The number of nitrogens with two attached hydrogens (primary N) is 2. The highest BCUT2D eigenvalue weighted by molar-refractivity contribution is 7.89. The molecule has 0 aromatic heterocycles. The Morgan fingerprint density at radius 2 is 1.90 bits per heavy atom. The molecular formula is C11H11N5O3S2. The lowest BCUT2D eigenvalue weighted by atomic mass is 10.3. The molecule has 21 heavy (non-hydrogen) atoms. The third-order valence-electron chi connectivity index (χ3n) is 2.17. The van der Waals surface area contributed by atoms with E-state index in [0.29, 0.717) is 5.69 Å². The Balaban J connectivity index is 2.73. The van der Waals surface area contributed by atoms with Gasteiger partial charge in [0.2, 0.25) is 10.0 Å². The molecule has 0 aliphatic heterocycles. The highest BCUT2D eigenvalue weighted by atomic mass is 32.2. The summed E-state index contributed by atoms with van der Waals surface area (Å²) in [7, 11) is -3.76. The van der Waals surface area contributed by atoms with Crippen LogP contribution >= 0.6 is 12.2 Å². The summed E-state index contributed by atoms with van der Waals surface area (Å²) in [5.74, 6) is -0.884. The lowest BCUT2D eigenvalue weighted by Gasteiger charge is -2.08. The Bertz CT molecular complexity index is 732. The van der Waals surface area contributed by atoms with Crippen molar-refractivity contribution >= 4 is 38.9 Å². The van der Waals surface area contributed by atoms with E-state index in [1.165, 1.54) is 24.3 Å². The molecule has 0 saturated heterocycles. The molecule has 0 radical (unpaired) electrons. The van der Waals surface area contributed by atoms with Crippen molar-refractivity contribution in [2.24, 2.45) is 10.9 Å². The van der Waals surface area contributed by atoms with E-state index in [9.17, 15) is 13.2 Å². The summed E-state index contributed by atoms with van der Waals surface area (Å²) in [6, 6.07) is 7.12. The Labute approximate surface area is 126 Å². The number of carbonyl (C=O) groups is 1. The van der Waals surface area contributed by atoms with Gasteiger partial charge in [0.25, 0.3) is 5.91 Å². The van der Waals surface area contributed by atoms with E-state index in [4.69, 9.17) is 28.4 Å². The van der Waals surface area contributed by atoms with Crippen LogP contribution in [0.4, 0.5) is 5.69 Å². The standard InChI is InChI=1S/C11H11N5O3S2/c12-5-7(10(13)17)6-15-11(20)16-8-1-3-9(4-2-8)21(14,18)19/h1-4,6H,(H2,13,17)(H2,14,18,19)(H2,15,16,20)/b7-6-. The highest BCUT2D eigenvalue weighted by Crippen LogP contribution is 2.12. The summed E-state index contributed by atoms with van der Waals surface area (Å²) >= 11 is 4.92. The highest BCUT2D eigenvalue weighted by Gasteiger charge is 2.07. The number of nitriles is 1. The molecule has 110 valence electrons. The van der Waals surface area contributed by atoms with Crippen molar-refractivity contribution in [1.29, 1.82) is 5.26 Å². The van der Waals surface area contributed by atoms with Gasteiger partial charge < -0.3 is 16.4 Å². The average Bonchev–Trinajstić information content (AvgIpc) is 2.38. The van der Waals surface area contributed by atoms with E-state index >= 15 is 0 Å². The predicted molar refractivity (Wildman–Crippen MR) is 80.1 cm³/mol. The second-order valence-electron chi connectivity index (χ2n) is 3.70. The summed E-state index contributed by atoms with van der Waals surface area (Å²) in [5, 5.41) is 18.9. The zero-order valence-electron chi connectivity index (χ0n) is 10.5. The molecule has 1 aromatic carbocycles. The number of primary sulfonamides is 1. The quantitative estimate of drug-likeness (QED) is 0.331. The van der Waals surface area contributed by atoms with E-state index in [-0.39, 0.29) is 15.6 Å². The number of primary amides is 1. The molecule has 0 atom stereocenters. The first-order valence-electron chi connectivity index (χ1n) is 5.34. The smallest absolute Gasteiger partial charge is 0.260 e. The van der Waals surface area contributed by atoms with Gasteiger partial charge in [-0.2, -0.15) is 5.26 Å². The zero-order chi connectivity index (χ0) is 16.0. The van der Waals surface area contributed by atoms with E-state index in [1.54, 1.807) is 6.07 Å². The van der Waals surface area contributed by atoms with Crippen molar-refractivity contribution < 1.29 is 13.2 Å². The fourth-order valence-corrected chi connectivity index (χ4v) is 1.88. The molecule has 0 aliphatic rings. The number of thiocarbonyl (C=S) groups is 1. The van der Waals surface area contributed by atoms with E-state index in [1.807, 2.05) is 0 Å². The number of hydrogen-bond donors (Lipinski definition) is 4. The Kier molecular flexibility index (Phi) is 5.37. The normalized spacial score (nSPS) is 11.3. The molecule has 0 heterocycles. The minimum atomic E-state index is -3.76. The van der Waals surface area contributed by atoms with Crippen LogP contribution in [-0.2, 0) is 14.8 Å². The van der Waals surface area contributed by atoms with Gasteiger partial charge in [-0.15, -0.1) is 0 Å². The summed E-state index contributed by atoms with van der Waals surface area (Å²) in [6.45, 7) is 0. The summed E-state index contributed by atoms with van der Waals surface area (Å²) in [5.41, 5.74) is 5.14. The van der Waals surface area contributed by atoms with Crippen molar-refractivity contribution in [1.82, 2.24) is 5.32 Å². The number of sulfonamides is 1. The van der Waals surface area contributed by atoms with E-state index < -0.39 is 15.9 Å². The van der Waals surface area contributed by atoms with Crippen LogP contribution in [0.1, 0.15) is 0 Å². The second-order valence-corrected chi connectivity index (χ2v) is 5.67. The number of nitrogens with one attached hydrogen (secondary N) is 2. The van der Waals surface area contributed by atoms with Crippen LogP contribution in [0.15, 0.2) is 40.9 Å². The molecule has 1 aromatic rings. The number of anilines is 1. The van der Waals surface area contributed by atoms with Gasteiger partial charge in [-0.3, -0.25) is 4.79 Å². The van der Waals surface area contributed by atoms with Gasteiger partial charge >= 0.3 is 0 Å². The summed E-state index contributed by atoms with van der Waals surface area (Å²) in [6.07, 6.45) is 1.07. The molecule has 0 saturated carbocycles. The van der Waals surface area contributed by atoms with Crippen LogP contribution in [-0.4, -0.2) is 19.4 Å². The second kappa shape index (κ2) is 6.80. The number of nitrogens with zero attached hydrogens (tertiary/aromatic N) is 1. The first-order chi connectivity index (χ1) is 9.74. The number of carbonyl (C=O) groups excluding carboxylic acids is 1. The topological polar surface area (TPSA) is 151 Å². The van der Waals surface area contributed by atoms with Crippen molar-refractivity contribution in [2.75, 3.05) is 5.32 Å². The maximum Gasteiger partial charge on any atom is 0.260 e. The maximum absolute atomic E-state index is 11.1. The fraction of sp³-hybridized carbons (Fsp3) is 0. The van der Waals surface area contributed by atoms with Crippen LogP contribution in [0.2, 0.25) is 0 Å². The monoisotopic (exact) mass is 325 g/mol. The molecule has 6 N–H and O–H groups in total. The van der Waals surface area contributed by atoms with Gasteiger partial charge in [-0.1, -0.05) is 0 Å². The third-order valence-corrected chi connectivity index (χ3v) is 3.32. The van der Waals surface area contributed by atoms with Gasteiger partial charge in [0.15, 0.2) is 5.11 Å². The van der Waals surface area contributed by atoms with Crippen molar-refractivity contribution in [3.05, 3.63) is 36.0 Å².